The number of methoxy groups -OCH3 is 1. The van der Waals surface area contributed by atoms with Gasteiger partial charge in [-0.15, -0.1) is 0 Å². The van der Waals surface area contributed by atoms with E-state index in [-0.39, 0.29) is 23.7 Å². The number of ether oxygens (including phenoxy) is 1. The summed E-state index contributed by atoms with van der Waals surface area (Å²) in [4.78, 5) is 26.5. The Balaban J connectivity index is 2.46. The molecule has 1 amide bonds. The lowest BCUT2D eigenvalue weighted by atomic mass is 10.2. The summed E-state index contributed by atoms with van der Waals surface area (Å²) in [5.41, 5.74) is 0.0548. The van der Waals surface area contributed by atoms with Gasteiger partial charge in [0.15, 0.2) is 0 Å². The van der Waals surface area contributed by atoms with Crippen molar-refractivity contribution in [1.29, 1.82) is 0 Å². The zero-order valence-electron chi connectivity index (χ0n) is 11.0. The molecule has 0 unspecified atom stereocenters. The van der Waals surface area contributed by atoms with Crippen LogP contribution >= 0.6 is 15.9 Å². The van der Waals surface area contributed by atoms with Crippen LogP contribution in [0.1, 0.15) is 16.8 Å². The Hall–Kier alpha value is -1.67. The first-order valence-electron chi connectivity index (χ1n) is 5.93. The Morgan fingerprint density at radius 2 is 2.20 bits per heavy atom. The number of aromatic carboxylic acids is 1. The molecule has 1 aromatic rings. The number of pyridine rings is 1. The Bertz CT molecular complexity index is 482. The predicted molar refractivity (Wildman–Crippen MR) is 76.9 cm³/mol. The van der Waals surface area contributed by atoms with Crippen LogP contribution in [0.15, 0.2) is 16.7 Å². The Kier molecular flexibility index (Phi) is 6.96. The molecular weight excluding hydrogens is 330 g/mol. The van der Waals surface area contributed by atoms with E-state index in [1.165, 1.54) is 12.3 Å². The van der Waals surface area contributed by atoms with E-state index in [0.29, 0.717) is 24.2 Å². The van der Waals surface area contributed by atoms with E-state index in [1.807, 2.05) is 0 Å². The van der Waals surface area contributed by atoms with Crippen LogP contribution in [0.2, 0.25) is 0 Å². The standard InChI is InChI=1S/C12H16BrN3O4/c1-20-5-4-14-10(17)2-3-15-11-9(12(18)19)6-8(13)7-16-11/h6-7H,2-5H2,1H3,(H,14,17)(H,15,16)(H,18,19). The molecule has 0 aliphatic carbocycles. The molecule has 0 fully saturated rings. The average molecular weight is 346 g/mol. The van der Waals surface area contributed by atoms with Gasteiger partial charge in [0.1, 0.15) is 11.4 Å². The molecular formula is C12H16BrN3O4. The Morgan fingerprint density at radius 3 is 2.85 bits per heavy atom. The van der Waals surface area contributed by atoms with Gasteiger partial charge in [-0.25, -0.2) is 9.78 Å². The van der Waals surface area contributed by atoms with Gasteiger partial charge >= 0.3 is 5.97 Å². The first kappa shape index (κ1) is 16.4. The summed E-state index contributed by atoms with van der Waals surface area (Å²) in [6.07, 6.45) is 1.72. The number of carboxylic acid groups (broad SMARTS) is 1. The fraction of sp³-hybridized carbons (Fsp3) is 0.417. The molecule has 0 bridgehead atoms. The number of hydrogen-bond donors (Lipinski definition) is 3. The minimum Gasteiger partial charge on any atom is -0.478 e. The third-order valence-corrected chi connectivity index (χ3v) is 2.79. The third kappa shape index (κ3) is 5.54. The van der Waals surface area contributed by atoms with Gasteiger partial charge in [-0.05, 0) is 22.0 Å². The summed E-state index contributed by atoms with van der Waals surface area (Å²) in [5.74, 6) is -0.972. The van der Waals surface area contributed by atoms with E-state index < -0.39 is 5.97 Å². The summed E-state index contributed by atoms with van der Waals surface area (Å²) < 4.78 is 5.39. The van der Waals surface area contributed by atoms with Crippen molar-refractivity contribution in [3.8, 4) is 0 Å². The maximum atomic E-state index is 11.4. The van der Waals surface area contributed by atoms with Crippen LogP contribution in [0.4, 0.5) is 5.82 Å². The summed E-state index contributed by atoms with van der Waals surface area (Å²) in [7, 11) is 1.56. The van der Waals surface area contributed by atoms with Crippen LogP contribution in [0, 0.1) is 0 Å². The molecule has 20 heavy (non-hydrogen) atoms. The highest BCUT2D eigenvalue weighted by molar-refractivity contribution is 9.10. The number of carbonyl (C=O) groups excluding carboxylic acids is 1. The van der Waals surface area contributed by atoms with Gasteiger partial charge in [0, 0.05) is 37.3 Å². The zero-order chi connectivity index (χ0) is 15.0. The number of anilines is 1. The van der Waals surface area contributed by atoms with E-state index >= 15 is 0 Å². The summed E-state index contributed by atoms with van der Waals surface area (Å²) in [6, 6.07) is 1.45. The van der Waals surface area contributed by atoms with Crippen molar-refractivity contribution in [2.75, 3.05) is 32.1 Å². The highest BCUT2D eigenvalue weighted by Crippen LogP contribution is 2.17. The monoisotopic (exact) mass is 345 g/mol. The molecule has 8 heteroatoms. The fourth-order valence-corrected chi connectivity index (χ4v) is 1.75. The summed E-state index contributed by atoms with van der Waals surface area (Å²) >= 11 is 3.16. The van der Waals surface area contributed by atoms with Gasteiger partial charge in [-0.2, -0.15) is 0 Å². The normalized spacial score (nSPS) is 10.1. The minimum absolute atomic E-state index is 0.0548. The first-order valence-corrected chi connectivity index (χ1v) is 6.72. The van der Waals surface area contributed by atoms with Gasteiger partial charge in [0.05, 0.1) is 6.61 Å². The second-order valence-electron chi connectivity index (χ2n) is 3.87. The van der Waals surface area contributed by atoms with Gasteiger partial charge in [-0.3, -0.25) is 4.79 Å². The van der Waals surface area contributed by atoms with Crippen LogP contribution in [0.3, 0.4) is 0 Å². The lowest BCUT2D eigenvalue weighted by Gasteiger charge is -2.09. The lowest BCUT2D eigenvalue weighted by Crippen LogP contribution is -2.28. The minimum atomic E-state index is -1.08. The number of amides is 1. The molecule has 7 nitrogen and oxygen atoms in total. The van der Waals surface area contributed by atoms with Crippen molar-refractivity contribution in [2.24, 2.45) is 0 Å². The van der Waals surface area contributed by atoms with Gasteiger partial charge in [-0.1, -0.05) is 0 Å². The van der Waals surface area contributed by atoms with E-state index in [0.717, 1.165) is 0 Å². The van der Waals surface area contributed by atoms with Gasteiger partial charge in [0.2, 0.25) is 5.91 Å². The van der Waals surface area contributed by atoms with Gasteiger partial charge < -0.3 is 20.5 Å². The smallest absolute Gasteiger partial charge is 0.339 e. The number of rotatable bonds is 8. The molecule has 0 saturated heterocycles. The quantitative estimate of drug-likeness (QED) is 0.610. The number of hydrogen-bond acceptors (Lipinski definition) is 5. The lowest BCUT2D eigenvalue weighted by molar-refractivity contribution is -0.121. The van der Waals surface area contributed by atoms with Crippen molar-refractivity contribution in [3.05, 3.63) is 22.3 Å². The number of carbonyl (C=O) groups is 2. The number of nitrogens with one attached hydrogen (secondary N) is 2. The van der Waals surface area contributed by atoms with Crippen molar-refractivity contribution in [2.45, 2.75) is 6.42 Å². The van der Waals surface area contributed by atoms with Crippen LogP contribution in [0.25, 0.3) is 0 Å². The molecule has 1 aromatic heterocycles. The number of nitrogens with zero attached hydrogens (tertiary/aromatic N) is 1. The number of halogens is 1. The highest BCUT2D eigenvalue weighted by atomic mass is 79.9. The Labute approximate surface area is 124 Å². The average Bonchev–Trinajstić information content (AvgIpc) is 2.40. The number of carboxylic acids is 1. The molecule has 0 spiro atoms. The molecule has 110 valence electrons. The van der Waals surface area contributed by atoms with Crippen molar-refractivity contribution in [3.63, 3.8) is 0 Å². The second-order valence-corrected chi connectivity index (χ2v) is 4.79. The van der Waals surface area contributed by atoms with Crippen LogP contribution < -0.4 is 10.6 Å². The first-order chi connectivity index (χ1) is 9.54. The fourth-order valence-electron chi connectivity index (χ4n) is 1.42. The van der Waals surface area contributed by atoms with E-state index in [2.05, 4.69) is 31.5 Å². The maximum absolute atomic E-state index is 11.4. The molecule has 0 aliphatic heterocycles. The van der Waals surface area contributed by atoms with E-state index in [4.69, 9.17) is 9.84 Å². The topological polar surface area (TPSA) is 101 Å². The van der Waals surface area contributed by atoms with Crippen molar-refractivity contribution >= 4 is 33.6 Å². The third-order valence-electron chi connectivity index (χ3n) is 2.36. The van der Waals surface area contributed by atoms with E-state index in [1.54, 1.807) is 7.11 Å². The Morgan fingerprint density at radius 1 is 1.45 bits per heavy atom. The van der Waals surface area contributed by atoms with Crippen LogP contribution in [-0.2, 0) is 9.53 Å². The van der Waals surface area contributed by atoms with Crippen LogP contribution in [0.5, 0.6) is 0 Å². The maximum Gasteiger partial charge on any atom is 0.339 e. The van der Waals surface area contributed by atoms with Crippen LogP contribution in [-0.4, -0.2) is 48.8 Å². The molecule has 1 heterocycles. The van der Waals surface area contributed by atoms with E-state index in [9.17, 15) is 9.59 Å². The zero-order valence-corrected chi connectivity index (χ0v) is 12.6. The molecule has 0 aliphatic rings. The van der Waals surface area contributed by atoms with Gasteiger partial charge in [0.25, 0.3) is 0 Å². The highest BCUT2D eigenvalue weighted by Gasteiger charge is 2.12. The summed E-state index contributed by atoms with van der Waals surface area (Å²) in [6.45, 7) is 1.20. The number of aromatic nitrogens is 1. The molecule has 0 radical (unpaired) electrons. The summed E-state index contributed by atoms with van der Waals surface area (Å²) in [5, 5.41) is 14.6. The molecule has 0 aromatic carbocycles. The molecule has 3 N–H and O–H groups in total. The van der Waals surface area contributed by atoms with Crippen molar-refractivity contribution < 1.29 is 19.4 Å². The predicted octanol–water partition coefficient (Wildman–Crippen LogP) is 1.11. The molecule has 0 saturated carbocycles. The largest absolute Gasteiger partial charge is 0.478 e. The SMILES string of the molecule is COCCNC(=O)CCNc1ncc(Br)cc1C(=O)O. The second kappa shape index (κ2) is 8.49. The van der Waals surface area contributed by atoms with Crippen molar-refractivity contribution in [1.82, 2.24) is 10.3 Å². The molecule has 1 rings (SSSR count). The molecule has 0 atom stereocenters.